The van der Waals surface area contributed by atoms with Gasteiger partial charge in [-0.3, -0.25) is 0 Å². The molecular weight excluding hydrogens is 164 g/mol. The summed E-state index contributed by atoms with van der Waals surface area (Å²) in [6.45, 7) is 0. The van der Waals surface area contributed by atoms with Gasteiger partial charge in [0, 0.05) is 4.90 Å². The highest BCUT2D eigenvalue weighted by Crippen LogP contribution is 2.26. The third-order valence-electron chi connectivity index (χ3n) is 2.28. The Morgan fingerprint density at radius 1 is 1.17 bits per heavy atom. The van der Waals surface area contributed by atoms with Crippen LogP contribution in [0.1, 0.15) is 11.1 Å². The molecule has 62 valence electrons. The minimum absolute atomic E-state index is 1.11. The summed E-state index contributed by atoms with van der Waals surface area (Å²) in [6.07, 6.45) is 8.90. The molecule has 0 aromatic heterocycles. The van der Waals surface area contributed by atoms with Gasteiger partial charge in [0.15, 0.2) is 0 Å². The summed E-state index contributed by atoms with van der Waals surface area (Å²) < 4.78 is 0. The van der Waals surface area contributed by atoms with E-state index in [-0.39, 0.29) is 0 Å². The first-order valence-corrected chi connectivity index (χ1v) is 5.44. The molecule has 0 spiro atoms. The SMILES string of the molecule is CSc1cccc2c1CC=CC2. The van der Waals surface area contributed by atoms with Crippen molar-refractivity contribution in [1.29, 1.82) is 0 Å². The molecule has 2 rings (SSSR count). The first kappa shape index (κ1) is 7.93. The van der Waals surface area contributed by atoms with Crippen LogP contribution in [0.3, 0.4) is 0 Å². The Morgan fingerprint density at radius 3 is 2.83 bits per heavy atom. The largest absolute Gasteiger partial charge is 0.129 e. The van der Waals surface area contributed by atoms with E-state index in [0.717, 1.165) is 12.8 Å². The van der Waals surface area contributed by atoms with Crippen molar-refractivity contribution >= 4 is 11.8 Å². The highest BCUT2D eigenvalue weighted by molar-refractivity contribution is 7.98. The molecule has 1 aliphatic carbocycles. The van der Waals surface area contributed by atoms with Crippen LogP contribution in [0.2, 0.25) is 0 Å². The second-order valence-electron chi connectivity index (χ2n) is 2.98. The van der Waals surface area contributed by atoms with Crippen LogP contribution < -0.4 is 0 Å². The van der Waals surface area contributed by atoms with Gasteiger partial charge in [-0.1, -0.05) is 24.3 Å². The molecule has 1 heteroatoms. The van der Waals surface area contributed by atoms with Crippen LogP contribution in [0.15, 0.2) is 35.2 Å². The second kappa shape index (κ2) is 3.36. The van der Waals surface area contributed by atoms with E-state index >= 15 is 0 Å². The zero-order valence-corrected chi connectivity index (χ0v) is 8.03. The smallest absolute Gasteiger partial charge is 0.0107 e. The first-order chi connectivity index (χ1) is 5.92. The number of hydrogen-bond acceptors (Lipinski definition) is 1. The predicted molar refractivity (Wildman–Crippen MR) is 54.8 cm³/mol. The molecule has 0 bridgehead atoms. The molecule has 0 aliphatic heterocycles. The van der Waals surface area contributed by atoms with Gasteiger partial charge in [-0.25, -0.2) is 0 Å². The first-order valence-electron chi connectivity index (χ1n) is 4.21. The van der Waals surface area contributed by atoms with Crippen LogP contribution in [0.4, 0.5) is 0 Å². The van der Waals surface area contributed by atoms with Gasteiger partial charge in [-0.2, -0.15) is 0 Å². The number of hydrogen-bond donors (Lipinski definition) is 0. The Balaban J connectivity index is 2.48. The maximum atomic E-state index is 2.27. The Bertz CT molecular complexity index is 313. The van der Waals surface area contributed by atoms with Crippen molar-refractivity contribution in [3.05, 3.63) is 41.5 Å². The Hall–Kier alpha value is -0.690. The number of allylic oxidation sites excluding steroid dienone is 2. The van der Waals surface area contributed by atoms with E-state index in [0.29, 0.717) is 0 Å². The molecule has 0 unspecified atom stereocenters. The second-order valence-corrected chi connectivity index (χ2v) is 3.83. The topological polar surface area (TPSA) is 0 Å². The van der Waals surface area contributed by atoms with Gasteiger partial charge in [0.05, 0.1) is 0 Å². The minimum atomic E-state index is 1.11. The molecular formula is C11H12S. The van der Waals surface area contributed by atoms with Crippen molar-refractivity contribution in [2.45, 2.75) is 17.7 Å². The molecule has 1 aromatic rings. The summed E-state index contributed by atoms with van der Waals surface area (Å²) in [4.78, 5) is 1.44. The zero-order valence-electron chi connectivity index (χ0n) is 7.21. The average Bonchev–Trinajstić information content (AvgIpc) is 2.17. The average molecular weight is 176 g/mol. The summed E-state index contributed by atoms with van der Waals surface area (Å²) in [7, 11) is 0. The van der Waals surface area contributed by atoms with E-state index < -0.39 is 0 Å². The van der Waals surface area contributed by atoms with E-state index in [2.05, 4.69) is 36.6 Å². The van der Waals surface area contributed by atoms with Crippen LogP contribution in [-0.2, 0) is 12.8 Å². The lowest BCUT2D eigenvalue weighted by Gasteiger charge is -2.13. The predicted octanol–water partition coefficient (Wildman–Crippen LogP) is 3.06. The Kier molecular flexibility index (Phi) is 2.22. The third-order valence-corrected chi connectivity index (χ3v) is 3.10. The molecule has 0 amide bonds. The van der Waals surface area contributed by atoms with Crippen molar-refractivity contribution < 1.29 is 0 Å². The summed E-state index contributed by atoms with van der Waals surface area (Å²) in [5.74, 6) is 0. The van der Waals surface area contributed by atoms with E-state index in [1.165, 1.54) is 16.0 Å². The molecule has 0 atom stereocenters. The van der Waals surface area contributed by atoms with E-state index in [1.807, 2.05) is 11.8 Å². The highest BCUT2D eigenvalue weighted by atomic mass is 32.2. The molecule has 0 radical (unpaired) electrons. The number of fused-ring (bicyclic) bond motifs is 1. The van der Waals surface area contributed by atoms with Gasteiger partial charge in [0.2, 0.25) is 0 Å². The van der Waals surface area contributed by atoms with E-state index in [4.69, 9.17) is 0 Å². The molecule has 0 fully saturated rings. The van der Waals surface area contributed by atoms with Gasteiger partial charge in [-0.05, 0) is 36.3 Å². The van der Waals surface area contributed by atoms with Gasteiger partial charge in [-0.15, -0.1) is 11.8 Å². The molecule has 0 heterocycles. The maximum Gasteiger partial charge on any atom is 0.0107 e. The molecule has 0 nitrogen and oxygen atoms in total. The Labute approximate surface area is 77.7 Å². The molecule has 0 N–H and O–H groups in total. The summed E-state index contributed by atoms with van der Waals surface area (Å²) in [6, 6.07) is 6.60. The molecule has 1 aliphatic rings. The van der Waals surface area contributed by atoms with Gasteiger partial charge in [0.25, 0.3) is 0 Å². The van der Waals surface area contributed by atoms with Gasteiger partial charge < -0.3 is 0 Å². The van der Waals surface area contributed by atoms with Crippen molar-refractivity contribution in [2.24, 2.45) is 0 Å². The molecule has 1 aromatic carbocycles. The maximum absolute atomic E-state index is 2.27. The van der Waals surface area contributed by atoms with Crippen LogP contribution >= 0.6 is 11.8 Å². The fourth-order valence-corrected chi connectivity index (χ4v) is 2.31. The van der Waals surface area contributed by atoms with E-state index in [1.54, 1.807) is 0 Å². The van der Waals surface area contributed by atoms with Gasteiger partial charge in [0.1, 0.15) is 0 Å². The fourth-order valence-electron chi connectivity index (χ4n) is 1.64. The number of thioether (sulfide) groups is 1. The lowest BCUT2D eigenvalue weighted by atomic mass is 9.97. The number of benzene rings is 1. The molecule has 0 saturated carbocycles. The Morgan fingerprint density at radius 2 is 2.00 bits per heavy atom. The van der Waals surface area contributed by atoms with Crippen LogP contribution in [0, 0.1) is 0 Å². The van der Waals surface area contributed by atoms with Gasteiger partial charge >= 0.3 is 0 Å². The zero-order chi connectivity index (χ0) is 8.39. The van der Waals surface area contributed by atoms with E-state index in [9.17, 15) is 0 Å². The standard InChI is InChI=1S/C11H12S/c1-12-11-8-4-6-9-5-2-3-7-10(9)11/h2-4,6,8H,5,7H2,1H3. The van der Waals surface area contributed by atoms with Crippen molar-refractivity contribution in [1.82, 2.24) is 0 Å². The molecule has 0 saturated heterocycles. The van der Waals surface area contributed by atoms with Crippen LogP contribution in [-0.4, -0.2) is 6.26 Å². The molecule has 12 heavy (non-hydrogen) atoms. The van der Waals surface area contributed by atoms with Crippen LogP contribution in [0.25, 0.3) is 0 Å². The van der Waals surface area contributed by atoms with Crippen molar-refractivity contribution in [2.75, 3.05) is 6.26 Å². The fraction of sp³-hybridized carbons (Fsp3) is 0.273. The number of rotatable bonds is 1. The van der Waals surface area contributed by atoms with Crippen molar-refractivity contribution in [3.63, 3.8) is 0 Å². The normalized spacial score (nSPS) is 14.4. The summed E-state index contributed by atoms with van der Waals surface area (Å²) in [5.41, 5.74) is 3.04. The quantitative estimate of drug-likeness (QED) is 0.468. The summed E-state index contributed by atoms with van der Waals surface area (Å²) in [5, 5.41) is 0. The third kappa shape index (κ3) is 1.29. The highest BCUT2D eigenvalue weighted by Gasteiger charge is 2.07. The monoisotopic (exact) mass is 176 g/mol. The minimum Gasteiger partial charge on any atom is -0.129 e. The summed E-state index contributed by atoms with van der Waals surface area (Å²) >= 11 is 1.85. The van der Waals surface area contributed by atoms with Crippen LogP contribution in [0.5, 0.6) is 0 Å². The lowest BCUT2D eigenvalue weighted by Crippen LogP contribution is -1.98. The lowest BCUT2D eigenvalue weighted by molar-refractivity contribution is 1.04. The van der Waals surface area contributed by atoms with Crippen molar-refractivity contribution in [3.8, 4) is 0 Å².